The van der Waals surface area contributed by atoms with E-state index in [1.54, 1.807) is 19.3 Å². The Hall–Kier alpha value is -2.10. The lowest BCUT2D eigenvalue weighted by Crippen LogP contribution is -2.25. The SMILES string of the molecule is CC(Nc1cccc2ccncc12)C(=O)O. The van der Waals surface area contributed by atoms with Gasteiger partial charge in [-0.15, -0.1) is 0 Å². The van der Waals surface area contributed by atoms with Gasteiger partial charge in [0, 0.05) is 23.5 Å². The van der Waals surface area contributed by atoms with Crippen LogP contribution in [0.25, 0.3) is 10.8 Å². The number of aliphatic carboxylic acids is 1. The van der Waals surface area contributed by atoms with E-state index < -0.39 is 12.0 Å². The number of carboxylic acids is 1. The Balaban J connectivity index is 2.41. The minimum Gasteiger partial charge on any atom is -0.480 e. The topological polar surface area (TPSA) is 62.2 Å². The lowest BCUT2D eigenvalue weighted by Gasteiger charge is -2.12. The van der Waals surface area contributed by atoms with Crippen LogP contribution in [-0.2, 0) is 4.79 Å². The first kappa shape index (κ1) is 10.4. The Bertz CT molecular complexity index is 520. The molecule has 1 aromatic carbocycles. The first-order valence-electron chi connectivity index (χ1n) is 5.00. The number of benzene rings is 1. The van der Waals surface area contributed by atoms with E-state index in [1.807, 2.05) is 24.3 Å². The van der Waals surface area contributed by atoms with E-state index >= 15 is 0 Å². The van der Waals surface area contributed by atoms with Crippen molar-refractivity contribution >= 4 is 22.4 Å². The minimum absolute atomic E-state index is 0.620. The number of nitrogens with zero attached hydrogens (tertiary/aromatic N) is 1. The van der Waals surface area contributed by atoms with Gasteiger partial charge < -0.3 is 10.4 Å². The van der Waals surface area contributed by atoms with Gasteiger partial charge in [-0.05, 0) is 24.4 Å². The zero-order valence-electron chi connectivity index (χ0n) is 8.84. The number of aromatic nitrogens is 1. The first-order chi connectivity index (χ1) is 7.68. The molecule has 0 saturated carbocycles. The second kappa shape index (κ2) is 4.18. The van der Waals surface area contributed by atoms with E-state index in [2.05, 4.69) is 10.3 Å². The maximum Gasteiger partial charge on any atom is 0.325 e. The van der Waals surface area contributed by atoms with Gasteiger partial charge in [-0.2, -0.15) is 0 Å². The van der Waals surface area contributed by atoms with E-state index in [-0.39, 0.29) is 0 Å². The van der Waals surface area contributed by atoms with Gasteiger partial charge in [0.2, 0.25) is 0 Å². The molecule has 1 unspecified atom stereocenters. The Morgan fingerprint density at radius 2 is 2.25 bits per heavy atom. The van der Waals surface area contributed by atoms with Gasteiger partial charge in [0.1, 0.15) is 6.04 Å². The molecule has 1 heterocycles. The molecule has 0 fully saturated rings. The van der Waals surface area contributed by atoms with Crippen LogP contribution in [0, 0.1) is 0 Å². The number of pyridine rings is 1. The number of carbonyl (C=O) groups is 1. The number of fused-ring (bicyclic) bond motifs is 1. The summed E-state index contributed by atoms with van der Waals surface area (Å²) in [4.78, 5) is 14.8. The average Bonchev–Trinajstić information content (AvgIpc) is 2.29. The molecule has 0 radical (unpaired) electrons. The highest BCUT2D eigenvalue weighted by molar-refractivity contribution is 5.94. The number of hydrogen-bond donors (Lipinski definition) is 2. The molecule has 4 heteroatoms. The molecule has 2 N–H and O–H groups in total. The summed E-state index contributed by atoms with van der Waals surface area (Å²) in [5.41, 5.74) is 0.792. The smallest absolute Gasteiger partial charge is 0.325 e. The molecule has 0 aliphatic heterocycles. The van der Waals surface area contributed by atoms with E-state index in [0.29, 0.717) is 0 Å². The summed E-state index contributed by atoms with van der Waals surface area (Å²) in [6.45, 7) is 1.61. The zero-order valence-corrected chi connectivity index (χ0v) is 8.84. The van der Waals surface area contributed by atoms with Crippen LogP contribution in [0.2, 0.25) is 0 Å². The molecule has 16 heavy (non-hydrogen) atoms. The van der Waals surface area contributed by atoms with E-state index in [1.165, 1.54) is 0 Å². The normalized spacial score (nSPS) is 12.3. The molecule has 2 rings (SSSR count). The van der Waals surface area contributed by atoms with Gasteiger partial charge in [-0.1, -0.05) is 12.1 Å². The van der Waals surface area contributed by atoms with Crippen molar-refractivity contribution in [3.8, 4) is 0 Å². The maximum absolute atomic E-state index is 10.8. The quantitative estimate of drug-likeness (QED) is 0.824. The number of carboxylic acid groups (broad SMARTS) is 1. The summed E-state index contributed by atoms with van der Waals surface area (Å²) >= 11 is 0. The molecule has 1 aromatic heterocycles. The molecule has 82 valence electrons. The maximum atomic E-state index is 10.8. The highest BCUT2D eigenvalue weighted by Crippen LogP contribution is 2.22. The van der Waals surface area contributed by atoms with Gasteiger partial charge in [-0.3, -0.25) is 9.78 Å². The number of rotatable bonds is 3. The molecule has 0 spiro atoms. The molecule has 4 nitrogen and oxygen atoms in total. The van der Waals surface area contributed by atoms with Gasteiger partial charge >= 0.3 is 5.97 Å². The summed E-state index contributed by atoms with van der Waals surface area (Å²) in [5.74, 6) is -0.874. The van der Waals surface area contributed by atoms with Crippen molar-refractivity contribution in [3.05, 3.63) is 36.7 Å². The number of hydrogen-bond acceptors (Lipinski definition) is 3. The molecule has 0 amide bonds. The van der Waals surface area contributed by atoms with Crippen molar-refractivity contribution < 1.29 is 9.90 Å². The average molecular weight is 216 g/mol. The number of nitrogens with one attached hydrogen (secondary N) is 1. The monoisotopic (exact) mass is 216 g/mol. The molecule has 1 atom stereocenters. The lowest BCUT2D eigenvalue weighted by atomic mass is 10.1. The number of anilines is 1. The Morgan fingerprint density at radius 1 is 1.44 bits per heavy atom. The highest BCUT2D eigenvalue weighted by Gasteiger charge is 2.11. The predicted molar refractivity (Wildman–Crippen MR) is 62.5 cm³/mol. The molecule has 0 bridgehead atoms. The fourth-order valence-electron chi connectivity index (χ4n) is 1.53. The molecule has 0 saturated heterocycles. The Kier molecular flexibility index (Phi) is 2.72. The molecule has 2 aromatic rings. The van der Waals surface area contributed by atoms with Gasteiger partial charge in [-0.25, -0.2) is 0 Å². The third-order valence-corrected chi connectivity index (χ3v) is 2.43. The summed E-state index contributed by atoms with van der Waals surface area (Å²) in [6, 6.07) is 6.98. The second-order valence-corrected chi connectivity index (χ2v) is 3.61. The largest absolute Gasteiger partial charge is 0.480 e. The Labute approximate surface area is 92.9 Å². The third kappa shape index (κ3) is 1.95. The van der Waals surface area contributed by atoms with Crippen LogP contribution in [0.15, 0.2) is 36.7 Å². The van der Waals surface area contributed by atoms with Crippen LogP contribution in [-0.4, -0.2) is 22.1 Å². The summed E-state index contributed by atoms with van der Waals surface area (Å²) in [6.07, 6.45) is 3.44. The molecular weight excluding hydrogens is 204 g/mol. The molecule has 0 aliphatic rings. The standard InChI is InChI=1S/C12H12N2O2/c1-8(12(15)16)14-11-4-2-3-9-5-6-13-7-10(9)11/h2-8,14H,1H3,(H,15,16). The van der Waals surface area contributed by atoms with Crippen molar-refractivity contribution in [2.45, 2.75) is 13.0 Å². The van der Waals surface area contributed by atoms with E-state index in [0.717, 1.165) is 16.5 Å². The van der Waals surface area contributed by atoms with Crippen molar-refractivity contribution in [3.63, 3.8) is 0 Å². The minimum atomic E-state index is -0.874. The van der Waals surface area contributed by atoms with Crippen molar-refractivity contribution in [1.29, 1.82) is 0 Å². The van der Waals surface area contributed by atoms with Gasteiger partial charge in [0.05, 0.1) is 0 Å². The summed E-state index contributed by atoms with van der Waals surface area (Å²) in [5, 5.41) is 13.8. The van der Waals surface area contributed by atoms with Crippen LogP contribution in [0.3, 0.4) is 0 Å². The van der Waals surface area contributed by atoms with Crippen LogP contribution in [0.5, 0.6) is 0 Å². The zero-order chi connectivity index (χ0) is 11.5. The highest BCUT2D eigenvalue weighted by atomic mass is 16.4. The first-order valence-corrected chi connectivity index (χ1v) is 5.00. The van der Waals surface area contributed by atoms with Crippen molar-refractivity contribution in [2.24, 2.45) is 0 Å². The summed E-state index contributed by atoms with van der Waals surface area (Å²) in [7, 11) is 0. The fraction of sp³-hybridized carbons (Fsp3) is 0.167. The van der Waals surface area contributed by atoms with Crippen LogP contribution < -0.4 is 5.32 Å². The van der Waals surface area contributed by atoms with Crippen LogP contribution in [0.1, 0.15) is 6.92 Å². The van der Waals surface area contributed by atoms with Crippen LogP contribution >= 0.6 is 0 Å². The lowest BCUT2D eigenvalue weighted by molar-refractivity contribution is -0.137. The van der Waals surface area contributed by atoms with Gasteiger partial charge in [0.15, 0.2) is 0 Å². The van der Waals surface area contributed by atoms with Crippen LogP contribution in [0.4, 0.5) is 5.69 Å². The van der Waals surface area contributed by atoms with E-state index in [4.69, 9.17) is 5.11 Å². The van der Waals surface area contributed by atoms with E-state index in [9.17, 15) is 4.79 Å². The molecular formula is C12H12N2O2. The third-order valence-electron chi connectivity index (χ3n) is 2.43. The van der Waals surface area contributed by atoms with Crippen molar-refractivity contribution in [2.75, 3.05) is 5.32 Å². The fourth-order valence-corrected chi connectivity index (χ4v) is 1.53. The van der Waals surface area contributed by atoms with Gasteiger partial charge in [0.25, 0.3) is 0 Å². The second-order valence-electron chi connectivity index (χ2n) is 3.61. The predicted octanol–water partition coefficient (Wildman–Crippen LogP) is 2.12. The molecule has 0 aliphatic carbocycles. The van der Waals surface area contributed by atoms with Crippen molar-refractivity contribution in [1.82, 2.24) is 4.98 Å². The summed E-state index contributed by atoms with van der Waals surface area (Å²) < 4.78 is 0. The Morgan fingerprint density at radius 3 is 3.00 bits per heavy atom.